The van der Waals surface area contributed by atoms with Crippen LogP contribution in [0.15, 0.2) is 0 Å². The summed E-state index contributed by atoms with van der Waals surface area (Å²) in [4.78, 5) is 29.6. The first-order valence-electron chi connectivity index (χ1n) is 8.98. The van der Waals surface area contributed by atoms with E-state index in [1.54, 1.807) is 4.90 Å². The van der Waals surface area contributed by atoms with Crippen molar-refractivity contribution in [1.29, 1.82) is 0 Å². The second-order valence-electron chi connectivity index (χ2n) is 6.48. The Bertz CT molecular complexity index is 378. The van der Waals surface area contributed by atoms with Gasteiger partial charge in [-0.1, -0.05) is 27.7 Å². The highest BCUT2D eigenvalue weighted by atomic mass is 16.6. The predicted molar refractivity (Wildman–Crippen MR) is 92.9 cm³/mol. The molecule has 1 saturated heterocycles. The molecule has 0 radical (unpaired) electrons. The third-order valence-corrected chi connectivity index (χ3v) is 4.09. The van der Waals surface area contributed by atoms with Crippen LogP contribution >= 0.6 is 0 Å². The van der Waals surface area contributed by atoms with Crippen molar-refractivity contribution >= 4 is 12.1 Å². The fourth-order valence-electron chi connectivity index (χ4n) is 2.45. The Kier molecular flexibility index (Phi) is 9.71. The number of likely N-dealkylation sites (N-methyl/N-ethyl adjacent to an activating group) is 1. The number of ether oxygens (including phenoxy) is 2. The molecule has 0 saturated carbocycles. The molecule has 0 N–H and O–H groups in total. The van der Waals surface area contributed by atoms with E-state index in [2.05, 4.69) is 4.90 Å². The summed E-state index contributed by atoms with van der Waals surface area (Å²) in [6.45, 7) is 14.6. The molecule has 0 spiro atoms. The van der Waals surface area contributed by atoms with Crippen molar-refractivity contribution in [2.75, 3.05) is 65.6 Å². The fourth-order valence-corrected chi connectivity index (χ4v) is 2.45. The Balaban J connectivity index is 2.15. The number of hydrogen-bond donors (Lipinski definition) is 0. The van der Waals surface area contributed by atoms with Gasteiger partial charge in [-0.25, -0.2) is 4.79 Å². The topological polar surface area (TPSA) is 62.3 Å². The van der Waals surface area contributed by atoms with E-state index in [0.29, 0.717) is 45.3 Å². The summed E-state index contributed by atoms with van der Waals surface area (Å²) in [5, 5.41) is 0. The highest BCUT2D eigenvalue weighted by Gasteiger charge is 2.22. The summed E-state index contributed by atoms with van der Waals surface area (Å²) < 4.78 is 10.5. The van der Waals surface area contributed by atoms with Crippen LogP contribution in [0.3, 0.4) is 0 Å². The minimum Gasteiger partial charge on any atom is -0.463 e. The molecule has 7 heteroatoms. The highest BCUT2D eigenvalue weighted by molar-refractivity contribution is 5.71. The summed E-state index contributed by atoms with van der Waals surface area (Å²) in [6.07, 6.45) is -0.228. The molecule has 7 nitrogen and oxygen atoms in total. The van der Waals surface area contributed by atoms with Gasteiger partial charge in [-0.15, -0.1) is 0 Å². The molecule has 0 aromatic carbocycles. The molecule has 0 unspecified atom stereocenters. The summed E-state index contributed by atoms with van der Waals surface area (Å²) in [7, 11) is 0. The second kappa shape index (κ2) is 11.3. The van der Waals surface area contributed by atoms with Crippen LogP contribution in [0, 0.1) is 5.92 Å². The Labute approximate surface area is 145 Å². The van der Waals surface area contributed by atoms with E-state index >= 15 is 0 Å². The van der Waals surface area contributed by atoms with Crippen molar-refractivity contribution in [2.45, 2.75) is 27.7 Å². The molecule has 1 aliphatic heterocycles. The lowest BCUT2D eigenvalue weighted by Crippen LogP contribution is -2.49. The lowest BCUT2D eigenvalue weighted by atomic mass is 10.2. The standard InChI is InChI=1S/C17H33N3O4/c1-5-18(6-2)13-16(21)23-12-11-19-7-9-20(10-8-19)17(22)24-14-15(3)4/h15H,5-14H2,1-4H3. The molecule has 0 bridgehead atoms. The maximum atomic E-state index is 11.9. The fraction of sp³-hybridized carbons (Fsp3) is 0.882. The van der Waals surface area contributed by atoms with Crippen molar-refractivity contribution in [2.24, 2.45) is 5.92 Å². The van der Waals surface area contributed by atoms with Gasteiger partial charge in [0, 0.05) is 32.7 Å². The lowest BCUT2D eigenvalue weighted by Gasteiger charge is -2.34. The third-order valence-electron chi connectivity index (χ3n) is 4.09. The van der Waals surface area contributed by atoms with E-state index in [0.717, 1.165) is 26.2 Å². The average molecular weight is 343 g/mol. The summed E-state index contributed by atoms with van der Waals surface area (Å²) in [6, 6.07) is 0. The monoisotopic (exact) mass is 343 g/mol. The van der Waals surface area contributed by atoms with Gasteiger partial charge in [0.05, 0.1) is 13.2 Å². The highest BCUT2D eigenvalue weighted by Crippen LogP contribution is 2.05. The van der Waals surface area contributed by atoms with Crippen LogP contribution in [0.5, 0.6) is 0 Å². The van der Waals surface area contributed by atoms with Crippen molar-refractivity contribution in [3.05, 3.63) is 0 Å². The van der Waals surface area contributed by atoms with Crippen molar-refractivity contribution in [1.82, 2.24) is 14.7 Å². The smallest absolute Gasteiger partial charge is 0.409 e. The Morgan fingerprint density at radius 1 is 1.04 bits per heavy atom. The summed E-state index contributed by atoms with van der Waals surface area (Å²) in [5.74, 6) is 0.177. The van der Waals surface area contributed by atoms with E-state index < -0.39 is 0 Å². The maximum absolute atomic E-state index is 11.9. The molecule has 1 amide bonds. The molecule has 1 rings (SSSR count). The zero-order valence-corrected chi connectivity index (χ0v) is 15.6. The average Bonchev–Trinajstić information content (AvgIpc) is 2.58. The van der Waals surface area contributed by atoms with Crippen LogP contribution < -0.4 is 0 Å². The largest absolute Gasteiger partial charge is 0.463 e. The van der Waals surface area contributed by atoms with E-state index in [-0.39, 0.29) is 12.1 Å². The van der Waals surface area contributed by atoms with E-state index in [4.69, 9.17) is 9.47 Å². The van der Waals surface area contributed by atoms with E-state index in [9.17, 15) is 9.59 Å². The van der Waals surface area contributed by atoms with Gasteiger partial charge >= 0.3 is 12.1 Å². The van der Waals surface area contributed by atoms with Crippen molar-refractivity contribution in [3.8, 4) is 0 Å². The van der Waals surface area contributed by atoms with Crippen LogP contribution in [0.25, 0.3) is 0 Å². The number of nitrogens with zero attached hydrogens (tertiary/aromatic N) is 3. The molecule has 0 aromatic heterocycles. The lowest BCUT2D eigenvalue weighted by molar-refractivity contribution is -0.145. The molecule has 0 atom stereocenters. The number of rotatable bonds is 9. The van der Waals surface area contributed by atoms with Crippen molar-refractivity contribution < 1.29 is 19.1 Å². The Hall–Kier alpha value is -1.34. The van der Waals surface area contributed by atoms with Crippen molar-refractivity contribution in [3.63, 3.8) is 0 Å². The van der Waals surface area contributed by atoms with Crippen LogP contribution in [0.1, 0.15) is 27.7 Å². The first-order chi connectivity index (χ1) is 11.5. The molecule has 0 aliphatic carbocycles. The van der Waals surface area contributed by atoms with Crippen LogP contribution in [-0.2, 0) is 14.3 Å². The maximum Gasteiger partial charge on any atom is 0.409 e. The zero-order valence-electron chi connectivity index (χ0n) is 15.6. The van der Waals surface area contributed by atoms with E-state index in [1.807, 2.05) is 32.6 Å². The third kappa shape index (κ3) is 7.97. The number of carbonyl (C=O) groups excluding carboxylic acids is 2. The number of carbonyl (C=O) groups is 2. The van der Waals surface area contributed by atoms with Crippen LogP contribution in [0.2, 0.25) is 0 Å². The molecular formula is C17H33N3O4. The minimum absolute atomic E-state index is 0.172. The quantitative estimate of drug-likeness (QED) is 0.588. The first kappa shape index (κ1) is 20.7. The SMILES string of the molecule is CCN(CC)CC(=O)OCCN1CCN(C(=O)OCC(C)C)CC1. The van der Waals surface area contributed by atoms with Gasteiger partial charge in [-0.2, -0.15) is 0 Å². The molecule has 140 valence electrons. The second-order valence-corrected chi connectivity index (χ2v) is 6.48. The first-order valence-corrected chi connectivity index (χ1v) is 8.98. The summed E-state index contributed by atoms with van der Waals surface area (Å²) >= 11 is 0. The van der Waals surface area contributed by atoms with Gasteiger partial charge < -0.3 is 14.4 Å². The Morgan fingerprint density at radius 3 is 2.21 bits per heavy atom. The molecule has 1 heterocycles. The molecular weight excluding hydrogens is 310 g/mol. The van der Waals surface area contributed by atoms with Crippen LogP contribution in [-0.4, -0.2) is 92.3 Å². The van der Waals surface area contributed by atoms with Gasteiger partial charge in [0.2, 0.25) is 0 Å². The van der Waals surface area contributed by atoms with Gasteiger partial charge in [0.1, 0.15) is 6.61 Å². The number of amides is 1. The zero-order chi connectivity index (χ0) is 17.9. The Morgan fingerprint density at radius 2 is 1.67 bits per heavy atom. The number of hydrogen-bond acceptors (Lipinski definition) is 6. The van der Waals surface area contributed by atoms with Gasteiger partial charge in [0.15, 0.2) is 0 Å². The summed E-state index contributed by atoms with van der Waals surface area (Å²) in [5.41, 5.74) is 0. The predicted octanol–water partition coefficient (Wildman–Crippen LogP) is 1.28. The molecule has 1 fully saturated rings. The van der Waals surface area contributed by atoms with Gasteiger partial charge in [0.25, 0.3) is 0 Å². The van der Waals surface area contributed by atoms with E-state index in [1.165, 1.54) is 0 Å². The van der Waals surface area contributed by atoms with Gasteiger partial charge in [-0.3, -0.25) is 14.6 Å². The molecule has 24 heavy (non-hydrogen) atoms. The number of esters is 1. The minimum atomic E-state index is -0.228. The van der Waals surface area contributed by atoms with Crippen LogP contribution in [0.4, 0.5) is 4.79 Å². The van der Waals surface area contributed by atoms with Gasteiger partial charge in [-0.05, 0) is 19.0 Å². The molecule has 0 aromatic rings. The normalized spacial score (nSPS) is 15.8. The number of piperazine rings is 1. The molecule has 1 aliphatic rings.